The van der Waals surface area contributed by atoms with Crippen molar-refractivity contribution in [2.24, 2.45) is 0 Å². The van der Waals surface area contributed by atoms with Crippen LogP contribution in [0.15, 0.2) is 36.4 Å². The molecule has 1 aliphatic heterocycles. The summed E-state index contributed by atoms with van der Waals surface area (Å²) in [4.78, 5) is 11.5. The van der Waals surface area contributed by atoms with E-state index in [1.165, 1.54) is 6.92 Å². The summed E-state index contributed by atoms with van der Waals surface area (Å²) in [7, 11) is 0. The normalized spacial score (nSPS) is 18.8. The number of fused-ring (bicyclic) bond motifs is 1. The molecular weight excluding hydrogens is 354 g/mol. The molecule has 1 aliphatic rings. The van der Waals surface area contributed by atoms with Gasteiger partial charge in [0, 0.05) is 18.2 Å². The molecule has 1 atom stereocenters. The zero-order valence-electron chi connectivity index (χ0n) is 17.3. The fourth-order valence-corrected chi connectivity index (χ4v) is 3.34. The first-order valence-electron chi connectivity index (χ1n) is 9.59. The molecule has 0 saturated heterocycles. The maximum atomic E-state index is 11.5. The van der Waals surface area contributed by atoms with Crippen LogP contribution >= 0.6 is 0 Å². The quantitative estimate of drug-likeness (QED) is 0.473. The van der Waals surface area contributed by atoms with Crippen molar-refractivity contribution in [3.8, 4) is 17.2 Å². The number of ether oxygens (including phenoxy) is 3. The van der Waals surface area contributed by atoms with Crippen molar-refractivity contribution in [3.63, 3.8) is 0 Å². The molecule has 2 N–H and O–H groups in total. The third-order valence-electron chi connectivity index (χ3n) is 4.93. The Morgan fingerprint density at radius 1 is 1.21 bits per heavy atom. The first-order valence-corrected chi connectivity index (χ1v) is 9.59. The molecule has 28 heavy (non-hydrogen) atoms. The van der Waals surface area contributed by atoms with Gasteiger partial charge < -0.3 is 19.9 Å². The standard InChI is InChI=1S/C23H29NO4/c1-15(25)27-21-12-16-10-11-23(5,14-26-18-8-6-17(24)7-9-18)28-20(16)13-19(21)22(2,3)4/h6-9,12-13H,10-11,14,24H2,1-5H3. The summed E-state index contributed by atoms with van der Waals surface area (Å²) in [6, 6.07) is 11.3. The van der Waals surface area contributed by atoms with E-state index in [0.29, 0.717) is 18.0 Å². The molecule has 0 bridgehead atoms. The molecule has 5 heteroatoms. The van der Waals surface area contributed by atoms with Crippen LogP contribution < -0.4 is 19.9 Å². The number of anilines is 1. The number of carbonyl (C=O) groups excluding carboxylic acids is 1. The molecule has 0 fully saturated rings. The highest BCUT2D eigenvalue weighted by molar-refractivity contribution is 5.70. The molecule has 2 aromatic rings. The minimum atomic E-state index is -0.438. The van der Waals surface area contributed by atoms with Crippen LogP contribution in [0.3, 0.4) is 0 Å². The minimum absolute atomic E-state index is 0.183. The maximum absolute atomic E-state index is 11.5. The maximum Gasteiger partial charge on any atom is 0.308 e. The summed E-state index contributed by atoms with van der Waals surface area (Å²) in [5.41, 5.74) is 7.81. The summed E-state index contributed by atoms with van der Waals surface area (Å²) in [6.07, 6.45) is 1.64. The van der Waals surface area contributed by atoms with E-state index >= 15 is 0 Å². The molecule has 5 nitrogen and oxygen atoms in total. The Morgan fingerprint density at radius 2 is 1.89 bits per heavy atom. The lowest BCUT2D eigenvalue weighted by atomic mass is 9.83. The number of nitrogens with two attached hydrogens (primary N) is 1. The Bertz CT molecular complexity index is 867. The molecule has 150 valence electrons. The van der Waals surface area contributed by atoms with Crippen molar-refractivity contribution < 1.29 is 19.0 Å². The molecule has 0 aliphatic carbocycles. The lowest BCUT2D eigenvalue weighted by molar-refractivity contribution is -0.131. The number of aryl methyl sites for hydroxylation is 1. The summed E-state index contributed by atoms with van der Waals surface area (Å²) in [6.45, 7) is 10.2. The van der Waals surface area contributed by atoms with Gasteiger partial charge in [0.1, 0.15) is 29.5 Å². The van der Waals surface area contributed by atoms with Crippen molar-refractivity contribution in [1.82, 2.24) is 0 Å². The molecule has 0 aromatic heterocycles. The predicted octanol–water partition coefficient (Wildman–Crippen LogP) is 4.65. The largest absolute Gasteiger partial charge is 0.489 e. The third-order valence-corrected chi connectivity index (χ3v) is 4.93. The van der Waals surface area contributed by atoms with E-state index in [0.717, 1.165) is 35.5 Å². The Hall–Kier alpha value is -2.69. The first-order chi connectivity index (χ1) is 13.1. The summed E-state index contributed by atoms with van der Waals surface area (Å²) >= 11 is 0. The third kappa shape index (κ3) is 4.58. The molecule has 0 amide bonds. The molecule has 2 aromatic carbocycles. The van der Waals surface area contributed by atoms with Gasteiger partial charge in [0.15, 0.2) is 0 Å². The van der Waals surface area contributed by atoms with Gasteiger partial charge in [-0.1, -0.05) is 20.8 Å². The molecule has 0 spiro atoms. The zero-order valence-corrected chi connectivity index (χ0v) is 17.3. The van der Waals surface area contributed by atoms with Gasteiger partial charge in [0.25, 0.3) is 0 Å². The average molecular weight is 383 g/mol. The second-order valence-corrected chi connectivity index (χ2v) is 8.71. The van der Waals surface area contributed by atoms with Crippen molar-refractivity contribution >= 4 is 11.7 Å². The predicted molar refractivity (Wildman–Crippen MR) is 110 cm³/mol. The van der Waals surface area contributed by atoms with Crippen molar-refractivity contribution in [1.29, 1.82) is 0 Å². The van der Waals surface area contributed by atoms with Crippen LogP contribution in [0.2, 0.25) is 0 Å². The van der Waals surface area contributed by atoms with Crippen LogP contribution in [0.25, 0.3) is 0 Å². The number of carbonyl (C=O) groups is 1. The molecule has 3 rings (SSSR count). The van der Waals surface area contributed by atoms with E-state index in [1.807, 2.05) is 36.4 Å². The van der Waals surface area contributed by atoms with Gasteiger partial charge in [-0.25, -0.2) is 0 Å². The van der Waals surface area contributed by atoms with Crippen molar-refractivity contribution in [2.75, 3.05) is 12.3 Å². The summed E-state index contributed by atoms with van der Waals surface area (Å²) < 4.78 is 17.8. The van der Waals surface area contributed by atoms with Crippen LogP contribution in [0.5, 0.6) is 17.2 Å². The monoisotopic (exact) mass is 383 g/mol. The number of nitrogen functional groups attached to an aromatic ring is 1. The fraction of sp³-hybridized carbons (Fsp3) is 0.435. The van der Waals surface area contributed by atoms with Gasteiger partial charge >= 0.3 is 5.97 Å². The average Bonchev–Trinajstić information content (AvgIpc) is 2.60. The molecule has 1 heterocycles. The van der Waals surface area contributed by atoms with Crippen LogP contribution in [0, 0.1) is 0 Å². The van der Waals surface area contributed by atoms with Crippen molar-refractivity contribution in [2.45, 2.75) is 58.5 Å². The SMILES string of the molecule is CC(=O)Oc1cc2c(cc1C(C)(C)C)OC(C)(COc1ccc(N)cc1)CC2. The lowest BCUT2D eigenvalue weighted by Crippen LogP contribution is -2.42. The lowest BCUT2D eigenvalue weighted by Gasteiger charge is -2.36. The highest BCUT2D eigenvalue weighted by atomic mass is 16.5. The van der Waals surface area contributed by atoms with Crippen LogP contribution in [-0.2, 0) is 16.6 Å². The number of rotatable bonds is 4. The number of hydrogen-bond acceptors (Lipinski definition) is 5. The zero-order chi connectivity index (χ0) is 20.5. The molecule has 0 saturated carbocycles. The first kappa shape index (κ1) is 20.1. The summed E-state index contributed by atoms with van der Waals surface area (Å²) in [5.74, 6) is 1.90. The second kappa shape index (κ2) is 7.38. The highest BCUT2D eigenvalue weighted by Gasteiger charge is 2.34. The molecule has 0 radical (unpaired) electrons. The second-order valence-electron chi connectivity index (χ2n) is 8.71. The van der Waals surface area contributed by atoms with E-state index in [9.17, 15) is 4.79 Å². The Balaban J connectivity index is 1.82. The van der Waals surface area contributed by atoms with Crippen LogP contribution in [0.1, 0.15) is 52.2 Å². The van der Waals surface area contributed by atoms with Gasteiger partial charge in [-0.15, -0.1) is 0 Å². The number of benzene rings is 2. The molecular formula is C23H29NO4. The van der Waals surface area contributed by atoms with Gasteiger partial charge in [-0.2, -0.15) is 0 Å². The topological polar surface area (TPSA) is 70.8 Å². The number of hydrogen-bond donors (Lipinski definition) is 1. The Morgan fingerprint density at radius 3 is 2.50 bits per heavy atom. The van der Waals surface area contributed by atoms with Crippen LogP contribution in [0.4, 0.5) is 5.69 Å². The van der Waals surface area contributed by atoms with Gasteiger partial charge in [0.05, 0.1) is 0 Å². The minimum Gasteiger partial charge on any atom is -0.489 e. The Kier molecular flexibility index (Phi) is 5.28. The van der Waals surface area contributed by atoms with E-state index < -0.39 is 5.60 Å². The smallest absolute Gasteiger partial charge is 0.308 e. The van der Waals surface area contributed by atoms with Crippen molar-refractivity contribution in [3.05, 3.63) is 47.5 Å². The Labute approximate surface area is 166 Å². The van der Waals surface area contributed by atoms with E-state index in [1.54, 1.807) is 0 Å². The van der Waals surface area contributed by atoms with Gasteiger partial charge in [-0.3, -0.25) is 4.79 Å². The van der Waals surface area contributed by atoms with Gasteiger partial charge in [-0.05, 0) is 67.1 Å². The van der Waals surface area contributed by atoms with Crippen LogP contribution in [-0.4, -0.2) is 18.2 Å². The van der Waals surface area contributed by atoms with Gasteiger partial charge in [0.2, 0.25) is 0 Å². The van der Waals surface area contributed by atoms with E-state index in [-0.39, 0.29) is 11.4 Å². The van der Waals surface area contributed by atoms with E-state index in [4.69, 9.17) is 19.9 Å². The fourth-order valence-electron chi connectivity index (χ4n) is 3.34. The summed E-state index contributed by atoms with van der Waals surface area (Å²) in [5, 5.41) is 0. The van der Waals surface area contributed by atoms with E-state index in [2.05, 4.69) is 27.7 Å². The number of esters is 1. The highest BCUT2D eigenvalue weighted by Crippen LogP contribution is 2.41. The molecule has 1 unspecified atom stereocenters.